The van der Waals surface area contributed by atoms with Gasteiger partial charge in [-0.05, 0) is 55.7 Å². The van der Waals surface area contributed by atoms with E-state index in [1.165, 1.54) is 0 Å². The summed E-state index contributed by atoms with van der Waals surface area (Å²) >= 11 is 0. The molecule has 1 aliphatic heterocycles. The molecule has 0 saturated carbocycles. The van der Waals surface area contributed by atoms with Gasteiger partial charge >= 0.3 is 5.97 Å². The molecule has 2 aromatic carbocycles. The zero-order chi connectivity index (χ0) is 21.0. The molecule has 0 radical (unpaired) electrons. The molecule has 1 heterocycles. The number of carbonyl (C=O) groups is 4. The lowest BCUT2D eigenvalue weighted by Gasteiger charge is -2.13. The number of hydrogen-bond acceptors (Lipinski definition) is 5. The van der Waals surface area contributed by atoms with Crippen molar-refractivity contribution in [2.24, 2.45) is 0 Å². The Morgan fingerprint density at radius 1 is 0.966 bits per heavy atom. The van der Waals surface area contributed by atoms with Gasteiger partial charge in [0.1, 0.15) is 0 Å². The smallest absolute Gasteiger partial charge is 0.306 e. The minimum absolute atomic E-state index is 0.00429. The largest absolute Gasteiger partial charge is 0.456 e. The van der Waals surface area contributed by atoms with Gasteiger partial charge in [0.15, 0.2) is 6.61 Å². The van der Waals surface area contributed by atoms with Crippen LogP contribution in [0.15, 0.2) is 42.5 Å². The van der Waals surface area contributed by atoms with E-state index < -0.39 is 18.5 Å². The fourth-order valence-electron chi connectivity index (χ4n) is 3.06. The Morgan fingerprint density at radius 3 is 2.24 bits per heavy atom. The number of benzene rings is 2. The molecular weight excluding hydrogens is 372 g/mol. The molecule has 1 aliphatic rings. The number of fused-ring (bicyclic) bond motifs is 1. The van der Waals surface area contributed by atoms with Gasteiger partial charge in [-0.2, -0.15) is 0 Å². The highest BCUT2D eigenvalue weighted by molar-refractivity contribution is 6.21. The maximum atomic E-state index is 12.3. The van der Waals surface area contributed by atoms with E-state index in [1.54, 1.807) is 30.3 Å². The highest BCUT2D eigenvalue weighted by Gasteiger charge is 2.34. The third-order valence-electron chi connectivity index (χ3n) is 4.80. The Balaban J connectivity index is 1.40. The average molecular weight is 394 g/mol. The molecule has 0 aliphatic carbocycles. The molecule has 0 unspecified atom stereocenters. The number of aryl methyl sites for hydroxylation is 2. The van der Waals surface area contributed by atoms with Crippen LogP contribution in [0.5, 0.6) is 0 Å². The number of imide groups is 1. The quantitative estimate of drug-likeness (QED) is 0.576. The molecule has 0 aromatic heterocycles. The van der Waals surface area contributed by atoms with Crippen molar-refractivity contribution in [2.75, 3.05) is 18.5 Å². The molecule has 0 bridgehead atoms. The summed E-state index contributed by atoms with van der Waals surface area (Å²) in [4.78, 5) is 49.4. The summed E-state index contributed by atoms with van der Waals surface area (Å²) < 4.78 is 4.97. The van der Waals surface area contributed by atoms with Crippen molar-refractivity contribution >= 4 is 29.4 Å². The van der Waals surface area contributed by atoms with Crippen molar-refractivity contribution in [1.82, 2.24) is 4.90 Å². The van der Waals surface area contributed by atoms with Crippen LogP contribution in [-0.2, 0) is 14.3 Å². The number of nitrogens with zero attached hydrogens (tertiary/aromatic N) is 1. The van der Waals surface area contributed by atoms with E-state index in [0.717, 1.165) is 16.0 Å². The maximum Gasteiger partial charge on any atom is 0.306 e. The topological polar surface area (TPSA) is 92.8 Å². The van der Waals surface area contributed by atoms with E-state index in [0.29, 0.717) is 16.8 Å². The van der Waals surface area contributed by atoms with Crippen LogP contribution in [0, 0.1) is 13.8 Å². The first-order chi connectivity index (χ1) is 13.9. The van der Waals surface area contributed by atoms with Gasteiger partial charge in [-0.15, -0.1) is 0 Å². The second-order valence-electron chi connectivity index (χ2n) is 6.92. The minimum Gasteiger partial charge on any atom is -0.456 e. The number of amides is 3. The SMILES string of the molecule is Cc1ccc(NC(=O)COC(=O)CCCN2C(=O)c3ccccc3C2=O)cc1C. The summed E-state index contributed by atoms with van der Waals surface area (Å²) in [5, 5.41) is 2.67. The normalized spacial score (nSPS) is 12.7. The highest BCUT2D eigenvalue weighted by Crippen LogP contribution is 2.22. The molecule has 150 valence electrons. The number of hydrogen-bond donors (Lipinski definition) is 1. The first-order valence-corrected chi connectivity index (χ1v) is 9.35. The van der Waals surface area contributed by atoms with Crippen LogP contribution in [0.25, 0.3) is 0 Å². The van der Waals surface area contributed by atoms with Crippen LogP contribution >= 0.6 is 0 Å². The second kappa shape index (κ2) is 8.68. The number of carbonyl (C=O) groups excluding carboxylic acids is 4. The molecule has 1 N–H and O–H groups in total. The molecule has 0 spiro atoms. The van der Waals surface area contributed by atoms with Crippen LogP contribution in [-0.4, -0.2) is 41.7 Å². The molecule has 29 heavy (non-hydrogen) atoms. The molecule has 0 saturated heterocycles. The van der Waals surface area contributed by atoms with Crippen LogP contribution in [0.1, 0.15) is 44.7 Å². The molecule has 2 aromatic rings. The Kier molecular flexibility index (Phi) is 6.07. The Labute approximate surface area is 168 Å². The summed E-state index contributed by atoms with van der Waals surface area (Å²) in [7, 11) is 0. The molecule has 0 atom stereocenters. The van der Waals surface area contributed by atoms with Gasteiger partial charge < -0.3 is 10.1 Å². The molecule has 3 rings (SSSR count). The monoisotopic (exact) mass is 394 g/mol. The standard InChI is InChI=1S/C22H22N2O5/c1-14-9-10-16(12-15(14)2)23-19(25)13-29-20(26)8-5-11-24-21(27)17-6-3-4-7-18(17)22(24)28/h3-4,6-7,9-10,12H,5,8,11,13H2,1-2H3,(H,23,25). The van der Waals surface area contributed by atoms with Crippen LogP contribution in [0.3, 0.4) is 0 Å². The van der Waals surface area contributed by atoms with Gasteiger partial charge in [-0.25, -0.2) is 0 Å². The fraction of sp³-hybridized carbons (Fsp3) is 0.273. The van der Waals surface area contributed by atoms with E-state index in [-0.39, 0.29) is 31.2 Å². The number of rotatable bonds is 7. The van der Waals surface area contributed by atoms with Gasteiger partial charge in [0.05, 0.1) is 11.1 Å². The van der Waals surface area contributed by atoms with Gasteiger partial charge in [-0.1, -0.05) is 18.2 Å². The van der Waals surface area contributed by atoms with Crippen molar-refractivity contribution < 1.29 is 23.9 Å². The third-order valence-corrected chi connectivity index (χ3v) is 4.80. The van der Waals surface area contributed by atoms with E-state index in [2.05, 4.69) is 5.32 Å². The van der Waals surface area contributed by atoms with E-state index >= 15 is 0 Å². The van der Waals surface area contributed by atoms with Gasteiger partial charge in [0.25, 0.3) is 17.7 Å². The molecule has 0 fully saturated rings. The third kappa shape index (κ3) is 4.68. The lowest BCUT2D eigenvalue weighted by molar-refractivity contribution is -0.147. The van der Waals surface area contributed by atoms with E-state index in [1.807, 2.05) is 26.0 Å². The summed E-state index contributed by atoms with van der Waals surface area (Å²) in [6.07, 6.45) is 0.271. The van der Waals surface area contributed by atoms with Crippen molar-refractivity contribution in [3.05, 3.63) is 64.7 Å². The number of esters is 1. The number of ether oxygens (including phenoxy) is 1. The van der Waals surface area contributed by atoms with Gasteiger partial charge in [-0.3, -0.25) is 24.1 Å². The zero-order valence-corrected chi connectivity index (χ0v) is 16.4. The Hall–Kier alpha value is -3.48. The molecule has 7 nitrogen and oxygen atoms in total. The Morgan fingerprint density at radius 2 is 1.62 bits per heavy atom. The highest BCUT2D eigenvalue weighted by atomic mass is 16.5. The van der Waals surface area contributed by atoms with Crippen molar-refractivity contribution in [3.8, 4) is 0 Å². The summed E-state index contributed by atoms with van der Waals surface area (Å²) in [5.74, 6) is -1.70. The first-order valence-electron chi connectivity index (χ1n) is 9.35. The summed E-state index contributed by atoms with van der Waals surface area (Å²) in [5.41, 5.74) is 3.56. The van der Waals surface area contributed by atoms with E-state index in [9.17, 15) is 19.2 Å². The second-order valence-corrected chi connectivity index (χ2v) is 6.92. The van der Waals surface area contributed by atoms with Gasteiger partial charge in [0, 0.05) is 18.7 Å². The predicted molar refractivity (Wildman–Crippen MR) is 107 cm³/mol. The molecule has 7 heteroatoms. The number of anilines is 1. The average Bonchev–Trinajstić information content (AvgIpc) is 2.94. The molecular formula is C22H22N2O5. The van der Waals surface area contributed by atoms with E-state index in [4.69, 9.17) is 4.74 Å². The van der Waals surface area contributed by atoms with Crippen LogP contribution < -0.4 is 5.32 Å². The van der Waals surface area contributed by atoms with Gasteiger partial charge in [0.2, 0.25) is 0 Å². The Bertz CT molecular complexity index is 948. The predicted octanol–water partition coefficient (Wildman–Crippen LogP) is 2.86. The van der Waals surface area contributed by atoms with Crippen LogP contribution in [0.4, 0.5) is 5.69 Å². The summed E-state index contributed by atoms with van der Waals surface area (Å²) in [6.45, 7) is 3.65. The maximum absolute atomic E-state index is 12.3. The van der Waals surface area contributed by atoms with Crippen molar-refractivity contribution in [2.45, 2.75) is 26.7 Å². The molecule has 3 amide bonds. The van der Waals surface area contributed by atoms with Crippen molar-refractivity contribution in [3.63, 3.8) is 0 Å². The lowest BCUT2D eigenvalue weighted by Crippen LogP contribution is -2.31. The first kappa shape index (κ1) is 20.3. The minimum atomic E-state index is -0.558. The lowest BCUT2D eigenvalue weighted by atomic mass is 10.1. The fourth-order valence-corrected chi connectivity index (χ4v) is 3.06. The van der Waals surface area contributed by atoms with Crippen LogP contribution in [0.2, 0.25) is 0 Å². The number of nitrogens with one attached hydrogen (secondary N) is 1. The zero-order valence-electron chi connectivity index (χ0n) is 16.4. The van der Waals surface area contributed by atoms with Crippen molar-refractivity contribution in [1.29, 1.82) is 0 Å². The summed E-state index contributed by atoms with van der Waals surface area (Å²) in [6, 6.07) is 12.1.